The van der Waals surface area contributed by atoms with Gasteiger partial charge in [-0.2, -0.15) is 13.2 Å². The summed E-state index contributed by atoms with van der Waals surface area (Å²) in [5.74, 6) is -0.409. The molecule has 0 radical (unpaired) electrons. The number of oxazole rings is 1. The van der Waals surface area contributed by atoms with Crippen molar-refractivity contribution in [3.05, 3.63) is 63.4 Å². The molecule has 1 aromatic carbocycles. The van der Waals surface area contributed by atoms with Crippen molar-refractivity contribution in [2.75, 3.05) is 19.6 Å². The minimum Gasteiger partial charge on any atom is -0.408 e. The number of fused-ring (bicyclic) bond motifs is 2. The zero-order valence-electron chi connectivity index (χ0n) is 19.7. The molecule has 7 nitrogen and oxygen atoms in total. The van der Waals surface area contributed by atoms with Gasteiger partial charge >= 0.3 is 11.9 Å². The highest BCUT2D eigenvalue weighted by Gasteiger charge is 2.45. The van der Waals surface area contributed by atoms with E-state index in [1.54, 1.807) is 18.0 Å². The minimum atomic E-state index is -4.46. The Labute approximate surface area is 200 Å². The fourth-order valence-corrected chi connectivity index (χ4v) is 5.33. The van der Waals surface area contributed by atoms with Crippen molar-refractivity contribution in [1.29, 1.82) is 0 Å². The van der Waals surface area contributed by atoms with E-state index in [4.69, 9.17) is 4.42 Å². The van der Waals surface area contributed by atoms with Crippen molar-refractivity contribution in [2.45, 2.75) is 45.5 Å². The quantitative estimate of drug-likeness (QED) is 0.560. The fourth-order valence-electron chi connectivity index (χ4n) is 5.33. The Bertz CT molecular complexity index is 1350. The highest BCUT2D eigenvalue weighted by atomic mass is 19.4. The van der Waals surface area contributed by atoms with Crippen molar-refractivity contribution in [3.63, 3.8) is 0 Å². The Morgan fingerprint density at radius 1 is 1.23 bits per heavy atom. The van der Waals surface area contributed by atoms with Gasteiger partial charge in [0.15, 0.2) is 5.58 Å². The number of likely N-dealkylation sites (tertiary alicyclic amines) is 1. The summed E-state index contributed by atoms with van der Waals surface area (Å²) in [6.45, 7) is 4.55. The molecule has 1 fully saturated rings. The van der Waals surface area contributed by atoms with E-state index in [-0.39, 0.29) is 12.5 Å². The van der Waals surface area contributed by atoms with Crippen molar-refractivity contribution in [1.82, 2.24) is 19.4 Å². The number of benzene rings is 1. The van der Waals surface area contributed by atoms with Crippen LogP contribution in [0.25, 0.3) is 11.1 Å². The molecule has 3 aromatic rings. The molecule has 0 N–H and O–H groups in total. The summed E-state index contributed by atoms with van der Waals surface area (Å²) in [5.41, 5.74) is 2.03. The van der Waals surface area contributed by atoms with Gasteiger partial charge in [0.1, 0.15) is 0 Å². The smallest absolute Gasteiger partial charge is 0.408 e. The van der Waals surface area contributed by atoms with Crippen LogP contribution in [0.3, 0.4) is 0 Å². The van der Waals surface area contributed by atoms with Crippen LogP contribution in [0.4, 0.5) is 13.2 Å². The van der Waals surface area contributed by atoms with Crippen molar-refractivity contribution in [3.8, 4) is 0 Å². The maximum absolute atomic E-state index is 13.7. The maximum atomic E-state index is 13.7. The number of pyridine rings is 1. The molecular weight excluding hydrogens is 461 g/mol. The average Bonchev–Trinajstić information content (AvgIpc) is 3.38. The molecule has 2 aliphatic rings. The van der Waals surface area contributed by atoms with Crippen LogP contribution in [0.2, 0.25) is 0 Å². The van der Waals surface area contributed by atoms with E-state index in [1.807, 2.05) is 19.1 Å². The Hall–Kier alpha value is -3.14. The Morgan fingerprint density at radius 2 is 2.03 bits per heavy atom. The van der Waals surface area contributed by atoms with Crippen LogP contribution in [0, 0.1) is 5.41 Å². The molecule has 1 unspecified atom stereocenters. The molecule has 186 valence electrons. The van der Waals surface area contributed by atoms with E-state index in [2.05, 4.69) is 9.88 Å². The van der Waals surface area contributed by atoms with Crippen molar-refractivity contribution < 1.29 is 22.4 Å². The van der Waals surface area contributed by atoms with Crippen molar-refractivity contribution in [2.24, 2.45) is 12.5 Å². The predicted molar refractivity (Wildman–Crippen MR) is 122 cm³/mol. The average molecular weight is 489 g/mol. The molecule has 5 rings (SSSR count). The molecular formula is C25H27F3N4O3. The molecule has 4 heterocycles. The summed E-state index contributed by atoms with van der Waals surface area (Å²) in [5, 5.41) is 0. The molecule has 1 saturated heterocycles. The number of amides is 1. The second-order valence-electron chi connectivity index (χ2n) is 9.63. The molecule has 0 spiro atoms. The number of hydrogen-bond donors (Lipinski definition) is 0. The van der Waals surface area contributed by atoms with E-state index >= 15 is 0 Å². The number of rotatable bonds is 4. The number of nitrogens with zero attached hydrogens (tertiary/aromatic N) is 4. The molecule has 35 heavy (non-hydrogen) atoms. The molecule has 2 aromatic heterocycles. The van der Waals surface area contributed by atoms with Crippen LogP contribution in [0.15, 0.2) is 39.7 Å². The largest absolute Gasteiger partial charge is 0.419 e. The number of carbonyl (C=O) groups excluding carboxylic acids is 1. The molecule has 0 aliphatic carbocycles. The highest BCUT2D eigenvalue weighted by Crippen LogP contribution is 2.38. The SMILES string of the molecule is CCC1(C(=O)N2CCc3ncc(C(F)(F)F)cc3C2)CCN(Cc2ccc3oc(=O)n(C)c3c2)C1. The van der Waals surface area contributed by atoms with E-state index in [0.29, 0.717) is 55.7 Å². The summed E-state index contributed by atoms with van der Waals surface area (Å²) < 4.78 is 46.1. The lowest BCUT2D eigenvalue weighted by Gasteiger charge is -2.36. The second-order valence-corrected chi connectivity index (χ2v) is 9.63. The number of aromatic nitrogens is 2. The third-order valence-corrected chi connectivity index (χ3v) is 7.48. The van der Waals surface area contributed by atoms with Gasteiger partial charge in [0.25, 0.3) is 0 Å². The van der Waals surface area contributed by atoms with Crippen LogP contribution in [-0.2, 0) is 37.5 Å². The predicted octanol–water partition coefficient (Wildman–Crippen LogP) is 3.73. The number of alkyl halides is 3. The highest BCUT2D eigenvalue weighted by molar-refractivity contribution is 5.83. The van der Waals surface area contributed by atoms with Gasteiger partial charge in [-0.3, -0.25) is 19.2 Å². The number of hydrogen-bond acceptors (Lipinski definition) is 5. The lowest BCUT2D eigenvalue weighted by molar-refractivity contribution is -0.142. The van der Waals surface area contributed by atoms with E-state index in [1.165, 1.54) is 4.57 Å². The molecule has 10 heteroatoms. The van der Waals surface area contributed by atoms with Gasteiger partial charge in [0.2, 0.25) is 5.91 Å². The van der Waals surface area contributed by atoms with Gasteiger partial charge in [0, 0.05) is 51.5 Å². The van der Waals surface area contributed by atoms with Gasteiger partial charge in [-0.05, 0) is 48.7 Å². The second kappa shape index (κ2) is 8.51. The van der Waals surface area contributed by atoms with E-state index < -0.39 is 22.9 Å². The molecule has 0 bridgehead atoms. The zero-order valence-corrected chi connectivity index (χ0v) is 19.7. The van der Waals surface area contributed by atoms with Crippen LogP contribution in [-0.4, -0.2) is 44.9 Å². The molecule has 2 aliphatic heterocycles. The Balaban J connectivity index is 1.31. The summed E-state index contributed by atoms with van der Waals surface area (Å²) in [4.78, 5) is 33.4. The van der Waals surface area contributed by atoms with Gasteiger partial charge in [-0.1, -0.05) is 13.0 Å². The minimum absolute atomic E-state index is 0.00162. The third-order valence-electron chi connectivity index (χ3n) is 7.48. The topological polar surface area (TPSA) is 71.6 Å². The number of aryl methyl sites for hydroxylation is 1. The fraction of sp³-hybridized carbons (Fsp3) is 0.480. The van der Waals surface area contributed by atoms with Gasteiger partial charge < -0.3 is 9.32 Å². The van der Waals surface area contributed by atoms with Crippen LogP contribution in [0.5, 0.6) is 0 Å². The lowest BCUT2D eigenvalue weighted by Crippen LogP contribution is -2.47. The Kier molecular flexibility index (Phi) is 5.74. The maximum Gasteiger partial charge on any atom is 0.419 e. The number of halogens is 3. The molecule has 1 atom stereocenters. The molecule has 0 saturated carbocycles. The summed E-state index contributed by atoms with van der Waals surface area (Å²) in [6, 6.07) is 6.77. The molecule has 1 amide bonds. The monoisotopic (exact) mass is 488 g/mol. The summed E-state index contributed by atoms with van der Waals surface area (Å²) >= 11 is 0. The third kappa shape index (κ3) is 4.24. The Morgan fingerprint density at radius 3 is 2.77 bits per heavy atom. The van der Waals surface area contributed by atoms with Crippen LogP contribution < -0.4 is 5.76 Å². The summed E-state index contributed by atoms with van der Waals surface area (Å²) in [6.07, 6.45) is -1.79. The van der Waals surface area contributed by atoms with Gasteiger partial charge in [-0.15, -0.1) is 0 Å². The first kappa shape index (κ1) is 23.6. The van der Waals surface area contributed by atoms with Gasteiger partial charge in [-0.25, -0.2) is 4.79 Å². The zero-order chi connectivity index (χ0) is 25.0. The van der Waals surface area contributed by atoms with E-state index in [0.717, 1.165) is 29.9 Å². The van der Waals surface area contributed by atoms with Gasteiger partial charge in [0.05, 0.1) is 16.5 Å². The normalized spacial score (nSPS) is 21.0. The standard InChI is InChI=1S/C25H27F3N4O3/c1-3-24(22(33)32-8-6-19-17(14-32)11-18(12-29-19)25(26,27)28)7-9-31(15-24)13-16-4-5-21-20(10-16)30(2)23(34)35-21/h4-5,10-12H,3,6-9,13-15H2,1-2H3. The van der Waals surface area contributed by atoms with Crippen LogP contribution in [0.1, 0.15) is 42.1 Å². The summed E-state index contributed by atoms with van der Waals surface area (Å²) in [7, 11) is 1.67. The first-order chi connectivity index (χ1) is 16.6. The first-order valence-electron chi connectivity index (χ1n) is 11.7. The number of carbonyl (C=O) groups is 1. The van der Waals surface area contributed by atoms with E-state index in [9.17, 15) is 22.8 Å². The van der Waals surface area contributed by atoms with Crippen molar-refractivity contribution >= 4 is 17.0 Å². The van der Waals surface area contributed by atoms with Crippen LogP contribution >= 0.6 is 0 Å². The first-order valence-corrected chi connectivity index (χ1v) is 11.7. The lowest BCUT2D eigenvalue weighted by atomic mass is 9.82.